The molecule has 0 aliphatic carbocycles. The van der Waals surface area contributed by atoms with Gasteiger partial charge in [-0.15, -0.1) is 10.2 Å². The number of nitrogen functional groups attached to an aromatic ring is 1. The van der Waals surface area contributed by atoms with Gasteiger partial charge in [0.25, 0.3) is 0 Å². The molecule has 0 saturated heterocycles. The standard InChI is InChI=1S/C18H16Cl2FN5OS/c19-12-3-6-14(15(20)9-12)17-24-25-18(26(17)22)28-10-16(27)23-8-7-11-1-4-13(21)5-2-11/h1-6,9H,7-8,10,22H2,(H,23,27). The van der Waals surface area contributed by atoms with E-state index in [1.54, 1.807) is 30.3 Å². The van der Waals surface area contributed by atoms with Crippen molar-refractivity contribution in [3.63, 3.8) is 0 Å². The van der Waals surface area contributed by atoms with E-state index in [1.807, 2.05) is 0 Å². The van der Waals surface area contributed by atoms with Crippen LogP contribution in [0.5, 0.6) is 0 Å². The first-order chi connectivity index (χ1) is 13.4. The molecule has 0 aliphatic rings. The summed E-state index contributed by atoms with van der Waals surface area (Å²) in [5.74, 6) is 6.09. The van der Waals surface area contributed by atoms with Gasteiger partial charge < -0.3 is 11.2 Å². The summed E-state index contributed by atoms with van der Waals surface area (Å²) in [5.41, 5.74) is 1.54. The molecule has 0 unspecified atom stereocenters. The number of amides is 1. The maximum atomic E-state index is 12.9. The van der Waals surface area contributed by atoms with Gasteiger partial charge in [-0.25, -0.2) is 9.07 Å². The van der Waals surface area contributed by atoms with Gasteiger partial charge in [0.05, 0.1) is 10.8 Å². The SMILES string of the molecule is Nn1c(SCC(=O)NCCc2ccc(F)cc2)nnc1-c1ccc(Cl)cc1Cl. The summed E-state index contributed by atoms with van der Waals surface area (Å²) in [6, 6.07) is 11.1. The lowest BCUT2D eigenvalue weighted by atomic mass is 10.1. The Bertz CT molecular complexity index is 981. The molecule has 1 amide bonds. The van der Waals surface area contributed by atoms with E-state index < -0.39 is 0 Å². The highest BCUT2D eigenvalue weighted by atomic mass is 35.5. The maximum Gasteiger partial charge on any atom is 0.230 e. The van der Waals surface area contributed by atoms with Crippen molar-refractivity contribution in [2.24, 2.45) is 0 Å². The highest BCUT2D eigenvalue weighted by molar-refractivity contribution is 7.99. The molecule has 3 N–H and O–H groups in total. The zero-order valence-electron chi connectivity index (χ0n) is 14.5. The van der Waals surface area contributed by atoms with Gasteiger partial charge in [-0.1, -0.05) is 47.1 Å². The smallest absolute Gasteiger partial charge is 0.230 e. The molecular formula is C18H16Cl2FN5OS. The Kier molecular flexibility index (Phi) is 6.77. The van der Waals surface area contributed by atoms with Crippen LogP contribution in [0, 0.1) is 5.82 Å². The Hall–Kier alpha value is -2.29. The van der Waals surface area contributed by atoms with E-state index in [9.17, 15) is 9.18 Å². The van der Waals surface area contributed by atoms with Crippen LogP contribution in [0.1, 0.15) is 5.56 Å². The molecule has 3 rings (SSSR count). The third kappa shape index (κ3) is 5.15. The van der Waals surface area contributed by atoms with Gasteiger partial charge in [0, 0.05) is 17.1 Å². The van der Waals surface area contributed by atoms with Crippen molar-refractivity contribution >= 4 is 40.9 Å². The average Bonchev–Trinajstić information content (AvgIpc) is 3.02. The number of rotatable bonds is 7. The number of aromatic nitrogens is 3. The van der Waals surface area contributed by atoms with Gasteiger partial charge >= 0.3 is 0 Å². The van der Waals surface area contributed by atoms with Crippen LogP contribution in [0.25, 0.3) is 11.4 Å². The first-order valence-electron chi connectivity index (χ1n) is 8.24. The highest BCUT2D eigenvalue weighted by Crippen LogP contribution is 2.30. The van der Waals surface area contributed by atoms with Crippen LogP contribution in [0.4, 0.5) is 4.39 Å². The van der Waals surface area contributed by atoms with Crippen molar-refractivity contribution in [3.05, 3.63) is 63.9 Å². The second kappa shape index (κ2) is 9.27. The Labute approximate surface area is 175 Å². The number of hydrogen-bond acceptors (Lipinski definition) is 5. The van der Waals surface area contributed by atoms with Crippen molar-refractivity contribution in [2.75, 3.05) is 18.1 Å². The largest absolute Gasteiger partial charge is 0.355 e. The number of benzene rings is 2. The van der Waals surface area contributed by atoms with Crippen LogP contribution >= 0.6 is 35.0 Å². The van der Waals surface area contributed by atoms with Crippen LogP contribution in [0.2, 0.25) is 10.0 Å². The lowest BCUT2D eigenvalue weighted by Crippen LogP contribution is -2.27. The van der Waals surface area contributed by atoms with Crippen molar-refractivity contribution < 1.29 is 9.18 Å². The van der Waals surface area contributed by atoms with E-state index in [-0.39, 0.29) is 17.5 Å². The molecule has 2 aromatic carbocycles. The van der Waals surface area contributed by atoms with Gasteiger partial charge in [0.1, 0.15) is 5.82 Å². The Balaban J connectivity index is 1.52. The van der Waals surface area contributed by atoms with Gasteiger partial charge in [0.15, 0.2) is 5.82 Å². The summed E-state index contributed by atoms with van der Waals surface area (Å²) in [6.45, 7) is 0.450. The van der Waals surface area contributed by atoms with Crippen molar-refractivity contribution in [1.29, 1.82) is 0 Å². The number of hydrogen-bond donors (Lipinski definition) is 2. The minimum atomic E-state index is -0.283. The number of nitrogens with one attached hydrogen (secondary N) is 1. The van der Waals surface area contributed by atoms with Crippen molar-refractivity contribution in [3.8, 4) is 11.4 Å². The zero-order chi connectivity index (χ0) is 20.1. The topological polar surface area (TPSA) is 85.8 Å². The van der Waals surface area contributed by atoms with Crippen LogP contribution in [0.3, 0.4) is 0 Å². The van der Waals surface area contributed by atoms with Crippen molar-refractivity contribution in [2.45, 2.75) is 11.6 Å². The van der Waals surface area contributed by atoms with Gasteiger partial charge in [-0.2, -0.15) is 0 Å². The summed E-state index contributed by atoms with van der Waals surface area (Å²) >= 11 is 13.2. The van der Waals surface area contributed by atoms with E-state index >= 15 is 0 Å². The van der Waals surface area contributed by atoms with E-state index in [0.717, 1.165) is 17.3 Å². The van der Waals surface area contributed by atoms with Gasteiger partial charge in [-0.05, 0) is 42.3 Å². The first-order valence-corrected chi connectivity index (χ1v) is 9.98. The molecule has 0 bridgehead atoms. The monoisotopic (exact) mass is 439 g/mol. The van der Waals surface area contributed by atoms with Crippen LogP contribution < -0.4 is 11.2 Å². The van der Waals surface area contributed by atoms with Crippen LogP contribution in [0.15, 0.2) is 47.6 Å². The molecule has 3 aromatic rings. The van der Waals surface area contributed by atoms with Gasteiger partial charge in [0.2, 0.25) is 11.1 Å². The molecule has 1 heterocycles. The Morgan fingerprint density at radius 1 is 1.18 bits per heavy atom. The minimum Gasteiger partial charge on any atom is -0.355 e. The fourth-order valence-corrected chi connectivity index (χ4v) is 3.59. The van der Waals surface area contributed by atoms with Crippen LogP contribution in [-0.4, -0.2) is 33.1 Å². The number of carbonyl (C=O) groups is 1. The van der Waals surface area contributed by atoms with E-state index in [0.29, 0.717) is 39.6 Å². The molecular weight excluding hydrogens is 424 g/mol. The fourth-order valence-electron chi connectivity index (χ4n) is 2.41. The number of halogens is 3. The maximum absolute atomic E-state index is 12.9. The summed E-state index contributed by atoms with van der Waals surface area (Å²) in [5, 5.41) is 12.1. The number of thioether (sulfide) groups is 1. The highest BCUT2D eigenvalue weighted by Gasteiger charge is 2.16. The lowest BCUT2D eigenvalue weighted by Gasteiger charge is -2.07. The van der Waals surface area contributed by atoms with E-state index in [2.05, 4.69) is 15.5 Å². The summed E-state index contributed by atoms with van der Waals surface area (Å²) < 4.78 is 14.2. The zero-order valence-corrected chi connectivity index (χ0v) is 16.9. The minimum absolute atomic E-state index is 0.132. The lowest BCUT2D eigenvalue weighted by molar-refractivity contribution is -0.118. The molecule has 0 radical (unpaired) electrons. The van der Waals surface area contributed by atoms with E-state index in [4.69, 9.17) is 29.0 Å². The molecule has 10 heteroatoms. The predicted molar refractivity (Wildman–Crippen MR) is 109 cm³/mol. The molecule has 146 valence electrons. The fraction of sp³-hybridized carbons (Fsp3) is 0.167. The third-order valence-corrected chi connectivity index (χ3v) is 5.31. The van der Waals surface area contributed by atoms with Crippen molar-refractivity contribution in [1.82, 2.24) is 20.2 Å². The third-order valence-electron chi connectivity index (χ3n) is 3.82. The normalized spacial score (nSPS) is 10.8. The number of nitrogens with two attached hydrogens (primary N) is 1. The Morgan fingerprint density at radius 2 is 1.93 bits per heavy atom. The summed E-state index contributed by atoms with van der Waals surface area (Å²) in [4.78, 5) is 12.0. The van der Waals surface area contributed by atoms with Crippen LogP contribution in [-0.2, 0) is 11.2 Å². The number of nitrogens with zero attached hydrogens (tertiary/aromatic N) is 3. The summed E-state index contributed by atoms with van der Waals surface area (Å²) in [6.07, 6.45) is 0.614. The number of carbonyl (C=O) groups excluding carboxylic acids is 1. The van der Waals surface area contributed by atoms with Gasteiger partial charge in [-0.3, -0.25) is 4.79 Å². The second-order valence-electron chi connectivity index (χ2n) is 5.82. The molecule has 0 aliphatic heterocycles. The molecule has 28 heavy (non-hydrogen) atoms. The predicted octanol–water partition coefficient (Wildman–Crippen LogP) is 3.56. The molecule has 0 spiro atoms. The first kappa shape index (κ1) is 20.4. The quantitative estimate of drug-likeness (QED) is 0.434. The molecule has 6 nitrogen and oxygen atoms in total. The second-order valence-corrected chi connectivity index (χ2v) is 7.60. The molecule has 0 saturated carbocycles. The molecule has 1 aromatic heterocycles. The summed E-state index contributed by atoms with van der Waals surface area (Å²) in [7, 11) is 0. The Morgan fingerprint density at radius 3 is 2.64 bits per heavy atom. The average molecular weight is 440 g/mol. The molecule has 0 fully saturated rings. The van der Waals surface area contributed by atoms with E-state index in [1.165, 1.54) is 16.8 Å². The molecule has 0 atom stereocenters.